The number of nitrogens with one attached hydrogen (secondary N) is 2. The van der Waals surface area contributed by atoms with E-state index in [1.165, 1.54) is 7.11 Å². The zero-order valence-corrected chi connectivity index (χ0v) is 18.3. The van der Waals surface area contributed by atoms with Gasteiger partial charge in [0.1, 0.15) is 0 Å². The molecule has 0 atom stereocenters. The van der Waals surface area contributed by atoms with Gasteiger partial charge >= 0.3 is 0 Å². The first kappa shape index (κ1) is 22.5. The minimum atomic E-state index is -1.25. The van der Waals surface area contributed by atoms with Crippen LogP contribution in [-0.4, -0.2) is 19.2 Å². The molecule has 0 saturated carbocycles. The zero-order valence-electron chi connectivity index (χ0n) is 18.3. The highest BCUT2D eigenvalue weighted by Crippen LogP contribution is 2.42. The van der Waals surface area contributed by atoms with Gasteiger partial charge in [-0.2, -0.15) is 0 Å². The summed E-state index contributed by atoms with van der Waals surface area (Å²) in [6, 6.07) is 13.6. The number of hydrogen-bond donors (Lipinski definition) is 2. The summed E-state index contributed by atoms with van der Waals surface area (Å²) in [4.78, 5) is 0. The average Bonchev–Trinajstić information content (AvgIpc) is 2.72. The van der Waals surface area contributed by atoms with Gasteiger partial charge in [0.15, 0.2) is 23.2 Å². The Labute approximate surface area is 181 Å². The lowest BCUT2D eigenvalue weighted by atomic mass is 9.96. The highest BCUT2D eigenvalue weighted by molar-refractivity contribution is 5.79. The maximum atomic E-state index is 15.3. The van der Waals surface area contributed by atoms with Gasteiger partial charge in [-0.1, -0.05) is 24.3 Å². The molecule has 0 spiro atoms. The topological polar surface area (TPSA) is 33.3 Å². The molecule has 0 aliphatic heterocycles. The predicted molar refractivity (Wildman–Crippen MR) is 121 cm³/mol. The minimum Gasteiger partial charge on any atom is -0.493 e. The van der Waals surface area contributed by atoms with Crippen LogP contribution in [0.15, 0.2) is 48.5 Å². The summed E-state index contributed by atoms with van der Waals surface area (Å²) < 4.78 is 50.8. The van der Waals surface area contributed by atoms with Gasteiger partial charge in [-0.25, -0.2) is 13.2 Å². The van der Waals surface area contributed by atoms with Crippen LogP contribution in [0.1, 0.15) is 27.7 Å². The average molecular weight is 428 g/mol. The molecule has 0 aliphatic carbocycles. The van der Waals surface area contributed by atoms with Crippen molar-refractivity contribution in [2.45, 2.75) is 39.8 Å². The quantitative estimate of drug-likeness (QED) is 0.394. The van der Waals surface area contributed by atoms with Gasteiger partial charge in [-0.15, -0.1) is 0 Å². The van der Waals surface area contributed by atoms with Gasteiger partial charge in [0.25, 0.3) is 0 Å². The highest BCUT2D eigenvalue weighted by atomic mass is 19.2. The summed E-state index contributed by atoms with van der Waals surface area (Å²) >= 11 is 0. The molecule has 0 saturated heterocycles. The molecule has 0 amide bonds. The lowest BCUT2D eigenvalue weighted by Crippen LogP contribution is -2.09. The lowest BCUT2D eigenvalue weighted by molar-refractivity contribution is 0.380. The van der Waals surface area contributed by atoms with Crippen LogP contribution in [0.5, 0.6) is 5.75 Å². The summed E-state index contributed by atoms with van der Waals surface area (Å²) in [5, 5.41) is 6.42. The van der Waals surface area contributed by atoms with E-state index in [0.29, 0.717) is 5.56 Å². The maximum Gasteiger partial charge on any atom is 0.176 e. The fraction of sp³-hybridized carbons (Fsp3) is 0.280. The molecule has 0 radical (unpaired) electrons. The van der Waals surface area contributed by atoms with E-state index >= 15 is 13.2 Å². The predicted octanol–water partition coefficient (Wildman–Crippen LogP) is 7.09. The summed E-state index contributed by atoms with van der Waals surface area (Å²) in [5.74, 6) is -3.67. The Morgan fingerprint density at radius 3 is 1.39 bits per heavy atom. The maximum absolute atomic E-state index is 15.3. The van der Waals surface area contributed by atoms with Gasteiger partial charge in [-0.3, -0.25) is 0 Å². The number of anilines is 2. The normalized spacial score (nSPS) is 11.2. The van der Waals surface area contributed by atoms with Crippen LogP contribution in [0, 0.1) is 17.5 Å². The van der Waals surface area contributed by atoms with E-state index in [1.54, 1.807) is 48.5 Å². The Bertz CT molecular complexity index is 1050. The minimum absolute atomic E-state index is 0.207. The van der Waals surface area contributed by atoms with Crippen molar-refractivity contribution in [3.63, 3.8) is 0 Å². The van der Waals surface area contributed by atoms with Crippen LogP contribution >= 0.6 is 0 Å². The molecule has 0 aromatic heterocycles. The monoisotopic (exact) mass is 428 g/mol. The van der Waals surface area contributed by atoms with E-state index in [4.69, 9.17) is 4.74 Å². The summed E-state index contributed by atoms with van der Waals surface area (Å²) in [7, 11) is 1.24. The Hall–Kier alpha value is -3.15. The molecular weight excluding hydrogens is 401 g/mol. The van der Waals surface area contributed by atoms with E-state index in [2.05, 4.69) is 10.6 Å². The molecular formula is C25H27F3N2O. The lowest BCUT2D eigenvalue weighted by Gasteiger charge is -2.17. The van der Waals surface area contributed by atoms with Crippen LogP contribution in [0.25, 0.3) is 22.3 Å². The van der Waals surface area contributed by atoms with Gasteiger partial charge < -0.3 is 15.4 Å². The number of methoxy groups -OCH3 is 1. The second-order valence-corrected chi connectivity index (χ2v) is 7.98. The second-order valence-electron chi connectivity index (χ2n) is 7.98. The SMILES string of the molecule is COc1c(F)c(-c2ccc(NC(C)C)cc2)c(F)c(F)c1-c1ccc(NC(C)C)cc1. The van der Waals surface area contributed by atoms with Crippen molar-refractivity contribution in [1.29, 1.82) is 0 Å². The number of rotatable bonds is 7. The first-order valence-corrected chi connectivity index (χ1v) is 10.2. The third-order valence-corrected chi connectivity index (χ3v) is 4.74. The molecule has 0 heterocycles. The first-order valence-electron chi connectivity index (χ1n) is 10.2. The van der Waals surface area contributed by atoms with Crippen molar-refractivity contribution in [3.05, 3.63) is 66.0 Å². The van der Waals surface area contributed by atoms with Gasteiger partial charge in [0.05, 0.1) is 18.2 Å². The Kier molecular flexibility index (Phi) is 6.78. The molecule has 0 aliphatic rings. The van der Waals surface area contributed by atoms with Gasteiger partial charge in [0, 0.05) is 23.5 Å². The van der Waals surface area contributed by atoms with Crippen LogP contribution in [0.2, 0.25) is 0 Å². The Balaban J connectivity index is 2.09. The largest absolute Gasteiger partial charge is 0.493 e. The standard InChI is InChI=1S/C25H27F3N2O/c1-14(2)29-18-10-6-16(7-11-18)20-22(26)23(27)21(25(31-5)24(20)28)17-8-12-19(13-9-17)30-15(3)4/h6-15,29-30H,1-5H3. The number of halogens is 3. The van der Waals surface area contributed by atoms with E-state index in [-0.39, 0.29) is 29.0 Å². The number of ether oxygens (including phenoxy) is 1. The fourth-order valence-electron chi connectivity index (χ4n) is 3.47. The van der Waals surface area contributed by atoms with Crippen LogP contribution in [0.4, 0.5) is 24.5 Å². The molecule has 164 valence electrons. The van der Waals surface area contributed by atoms with Crippen molar-refractivity contribution in [3.8, 4) is 28.0 Å². The molecule has 0 unspecified atom stereocenters. The van der Waals surface area contributed by atoms with Gasteiger partial charge in [-0.05, 0) is 63.1 Å². The molecule has 3 aromatic rings. The second kappa shape index (κ2) is 9.33. The Morgan fingerprint density at radius 1 is 0.613 bits per heavy atom. The third kappa shape index (κ3) is 4.79. The molecule has 31 heavy (non-hydrogen) atoms. The number of hydrogen-bond acceptors (Lipinski definition) is 3. The summed E-state index contributed by atoms with van der Waals surface area (Å²) in [6.07, 6.45) is 0. The molecule has 2 N–H and O–H groups in total. The first-order chi connectivity index (χ1) is 14.7. The highest BCUT2D eigenvalue weighted by Gasteiger charge is 2.27. The van der Waals surface area contributed by atoms with Gasteiger partial charge in [0.2, 0.25) is 0 Å². The molecule has 3 nitrogen and oxygen atoms in total. The van der Waals surface area contributed by atoms with Crippen molar-refractivity contribution >= 4 is 11.4 Å². The van der Waals surface area contributed by atoms with Crippen molar-refractivity contribution < 1.29 is 17.9 Å². The van der Waals surface area contributed by atoms with E-state index in [0.717, 1.165) is 11.4 Å². The summed E-state index contributed by atoms with van der Waals surface area (Å²) in [5.41, 5.74) is 1.49. The van der Waals surface area contributed by atoms with Crippen LogP contribution in [-0.2, 0) is 0 Å². The number of benzene rings is 3. The molecule has 3 rings (SSSR count). The molecule has 0 bridgehead atoms. The third-order valence-electron chi connectivity index (χ3n) is 4.74. The van der Waals surface area contributed by atoms with Crippen molar-refractivity contribution in [2.24, 2.45) is 0 Å². The molecule has 6 heteroatoms. The van der Waals surface area contributed by atoms with E-state index in [9.17, 15) is 0 Å². The fourth-order valence-corrected chi connectivity index (χ4v) is 3.47. The van der Waals surface area contributed by atoms with Crippen molar-refractivity contribution in [2.75, 3.05) is 17.7 Å². The smallest absolute Gasteiger partial charge is 0.176 e. The summed E-state index contributed by atoms with van der Waals surface area (Å²) in [6.45, 7) is 7.95. The molecule has 3 aromatic carbocycles. The van der Waals surface area contributed by atoms with Crippen molar-refractivity contribution in [1.82, 2.24) is 0 Å². The molecule has 0 fully saturated rings. The van der Waals surface area contributed by atoms with E-state index in [1.807, 2.05) is 27.7 Å². The zero-order chi connectivity index (χ0) is 22.7. The Morgan fingerprint density at radius 2 is 1.00 bits per heavy atom. The van der Waals surface area contributed by atoms with Crippen LogP contribution < -0.4 is 15.4 Å². The van der Waals surface area contributed by atoms with E-state index < -0.39 is 23.0 Å². The van der Waals surface area contributed by atoms with Crippen LogP contribution in [0.3, 0.4) is 0 Å².